The molecule has 1 aliphatic rings. The first-order valence-electron chi connectivity index (χ1n) is 10.8. The fourth-order valence-electron chi connectivity index (χ4n) is 3.90. The summed E-state index contributed by atoms with van der Waals surface area (Å²) in [6, 6.07) is 14.3. The topological polar surface area (TPSA) is 92.8 Å². The van der Waals surface area contributed by atoms with Gasteiger partial charge in [-0.15, -0.1) is 0 Å². The van der Waals surface area contributed by atoms with Gasteiger partial charge in [0, 0.05) is 6.54 Å². The van der Waals surface area contributed by atoms with Gasteiger partial charge in [-0.25, -0.2) is 12.7 Å². The predicted octanol–water partition coefficient (Wildman–Crippen LogP) is 3.32. The Balaban J connectivity index is 1.75. The fraction of sp³-hybridized carbons (Fsp3) is 0.360. The molecule has 0 atom stereocenters. The van der Waals surface area contributed by atoms with E-state index in [2.05, 4.69) is 5.32 Å². The number of hydrogen-bond donors (Lipinski definition) is 1. The Kier molecular flexibility index (Phi) is 6.97. The van der Waals surface area contributed by atoms with Crippen LogP contribution in [0.25, 0.3) is 4.91 Å². The van der Waals surface area contributed by atoms with Crippen molar-refractivity contribution in [1.82, 2.24) is 9.62 Å². The number of nitrogens with zero attached hydrogens (tertiary/aromatic N) is 1. The highest BCUT2D eigenvalue weighted by atomic mass is 32.2. The van der Waals surface area contributed by atoms with Gasteiger partial charge >= 0.3 is 5.97 Å². The number of carbonyl (C=O) groups is 2. The van der Waals surface area contributed by atoms with Crippen LogP contribution in [0, 0.1) is 13.8 Å². The van der Waals surface area contributed by atoms with Crippen molar-refractivity contribution in [2.75, 3.05) is 13.2 Å². The fourth-order valence-corrected chi connectivity index (χ4v) is 5.96. The Labute approximate surface area is 195 Å². The largest absolute Gasteiger partial charge is 0.464 e. The van der Waals surface area contributed by atoms with Gasteiger partial charge in [-0.3, -0.25) is 9.59 Å². The molecule has 2 aromatic rings. The summed E-state index contributed by atoms with van der Waals surface area (Å²) in [4.78, 5) is 25.4. The van der Waals surface area contributed by atoms with Crippen LogP contribution in [0.1, 0.15) is 43.0 Å². The maximum Gasteiger partial charge on any atom is 0.310 e. The Hall–Kier alpha value is -3.13. The van der Waals surface area contributed by atoms with Crippen LogP contribution in [0.15, 0.2) is 54.2 Å². The van der Waals surface area contributed by atoms with Gasteiger partial charge in [-0.2, -0.15) is 0 Å². The third kappa shape index (κ3) is 5.11. The quantitative estimate of drug-likeness (QED) is 0.493. The molecule has 0 radical (unpaired) electrons. The molecule has 1 N–H and O–H groups in total. The van der Waals surface area contributed by atoms with Crippen LogP contribution in [0.3, 0.4) is 0 Å². The Morgan fingerprint density at radius 3 is 2.18 bits per heavy atom. The zero-order valence-corrected chi connectivity index (χ0v) is 20.5. The molecule has 0 spiro atoms. The highest BCUT2D eigenvalue weighted by molar-refractivity contribution is 7.99. The lowest BCUT2D eigenvalue weighted by molar-refractivity contribution is -0.142. The maximum atomic E-state index is 13.3. The van der Waals surface area contributed by atoms with Gasteiger partial charge < -0.3 is 10.1 Å². The molecule has 33 heavy (non-hydrogen) atoms. The molecule has 0 unspecified atom stereocenters. The van der Waals surface area contributed by atoms with Crippen molar-refractivity contribution in [2.45, 2.75) is 46.6 Å². The Morgan fingerprint density at radius 2 is 1.61 bits per heavy atom. The Bertz CT molecular complexity index is 1170. The standard InChI is InChI=1S/C25H30N2O5S/c1-17-10-9-11-18(2)20(17)16-21(28)32-15-14-26-22-23(19-12-7-6-8-13-19)33(30,31)27(24(22)29)25(3,4)5/h6-13,26H,14-16H2,1-5H3. The van der Waals surface area contributed by atoms with Crippen molar-refractivity contribution in [3.8, 4) is 0 Å². The lowest BCUT2D eigenvalue weighted by Gasteiger charge is -2.30. The molecular weight excluding hydrogens is 440 g/mol. The number of esters is 1. The van der Waals surface area contributed by atoms with Crippen molar-refractivity contribution in [3.63, 3.8) is 0 Å². The van der Waals surface area contributed by atoms with E-state index in [1.165, 1.54) is 0 Å². The normalized spacial score (nSPS) is 15.7. The lowest BCUT2D eigenvalue weighted by Crippen LogP contribution is -2.46. The molecule has 0 aliphatic carbocycles. The summed E-state index contributed by atoms with van der Waals surface area (Å²) in [6.45, 7) is 9.00. The van der Waals surface area contributed by atoms with Crippen molar-refractivity contribution < 1.29 is 22.7 Å². The van der Waals surface area contributed by atoms with Crippen molar-refractivity contribution in [2.24, 2.45) is 0 Å². The summed E-state index contributed by atoms with van der Waals surface area (Å²) in [6.07, 6.45) is 0.154. The van der Waals surface area contributed by atoms with E-state index in [0.717, 1.165) is 21.0 Å². The number of sulfonamides is 1. The summed E-state index contributed by atoms with van der Waals surface area (Å²) in [5.41, 5.74) is 2.45. The summed E-state index contributed by atoms with van der Waals surface area (Å²) in [7, 11) is -4.05. The minimum absolute atomic E-state index is 0.00181. The molecule has 0 saturated heterocycles. The van der Waals surface area contributed by atoms with E-state index < -0.39 is 21.5 Å². The maximum absolute atomic E-state index is 13.3. The predicted molar refractivity (Wildman–Crippen MR) is 127 cm³/mol. The minimum Gasteiger partial charge on any atom is -0.464 e. The SMILES string of the molecule is Cc1cccc(C)c1CC(=O)OCCNC1=C(c2ccccc2)S(=O)(=O)N(C(C)(C)C)C1=O. The van der Waals surface area contributed by atoms with Gasteiger partial charge in [0.05, 0.1) is 12.0 Å². The number of carbonyl (C=O) groups excluding carboxylic acids is 2. The number of benzene rings is 2. The van der Waals surface area contributed by atoms with Crippen LogP contribution in [0.5, 0.6) is 0 Å². The number of ether oxygens (including phenoxy) is 1. The van der Waals surface area contributed by atoms with E-state index in [-0.39, 0.29) is 36.1 Å². The molecule has 0 saturated carbocycles. The van der Waals surface area contributed by atoms with E-state index in [1.54, 1.807) is 51.1 Å². The molecule has 8 heteroatoms. The molecule has 1 amide bonds. The number of amides is 1. The second-order valence-corrected chi connectivity index (χ2v) is 10.7. The minimum atomic E-state index is -4.05. The van der Waals surface area contributed by atoms with Crippen LogP contribution in [-0.4, -0.2) is 43.3 Å². The molecule has 0 aromatic heterocycles. The van der Waals surface area contributed by atoms with Crippen LogP contribution >= 0.6 is 0 Å². The van der Waals surface area contributed by atoms with Crippen molar-refractivity contribution in [1.29, 1.82) is 0 Å². The second-order valence-electron chi connectivity index (χ2n) is 9.01. The molecule has 176 valence electrons. The summed E-state index contributed by atoms with van der Waals surface area (Å²) < 4.78 is 32.8. The van der Waals surface area contributed by atoms with Gasteiger partial charge in [0.15, 0.2) is 0 Å². The molecule has 7 nitrogen and oxygen atoms in total. The molecule has 2 aromatic carbocycles. The number of nitrogens with one attached hydrogen (secondary N) is 1. The first-order valence-corrected chi connectivity index (χ1v) is 12.2. The van der Waals surface area contributed by atoms with E-state index >= 15 is 0 Å². The van der Waals surface area contributed by atoms with Gasteiger partial charge in [-0.1, -0.05) is 48.5 Å². The third-order valence-corrected chi connectivity index (χ3v) is 7.55. The highest BCUT2D eigenvalue weighted by Gasteiger charge is 2.49. The van der Waals surface area contributed by atoms with E-state index in [4.69, 9.17) is 4.74 Å². The van der Waals surface area contributed by atoms with E-state index in [0.29, 0.717) is 5.56 Å². The van der Waals surface area contributed by atoms with Gasteiger partial charge in [0.1, 0.15) is 17.2 Å². The zero-order chi connectivity index (χ0) is 24.4. The van der Waals surface area contributed by atoms with E-state index in [9.17, 15) is 18.0 Å². The smallest absolute Gasteiger partial charge is 0.310 e. The zero-order valence-electron chi connectivity index (χ0n) is 19.6. The van der Waals surface area contributed by atoms with Gasteiger partial charge in [0.25, 0.3) is 15.9 Å². The number of rotatable bonds is 7. The molecular formula is C25H30N2O5S. The van der Waals surface area contributed by atoms with Crippen LogP contribution < -0.4 is 5.32 Å². The summed E-state index contributed by atoms with van der Waals surface area (Å²) in [5.74, 6) is -1.00. The lowest BCUT2D eigenvalue weighted by atomic mass is 10.0. The first kappa shape index (κ1) is 24.5. The van der Waals surface area contributed by atoms with Crippen molar-refractivity contribution in [3.05, 3.63) is 76.5 Å². The van der Waals surface area contributed by atoms with Gasteiger partial charge in [-0.05, 0) is 56.9 Å². The van der Waals surface area contributed by atoms with E-state index in [1.807, 2.05) is 32.0 Å². The highest BCUT2D eigenvalue weighted by Crippen LogP contribution is 2.38. The molecule has 0 bridgehead atoms. The molecule has 1 aliphatic heterocycles. The Morgan fingerprint density at radius 1 is 1.00 bits per heavy atom. The average molecular weight is 471 g/mol. The number of hydrogen-bond acceptors (Lipinski definition) is 6. The molecule has 1 heterocycles. The van der Waals surface area contributed by atoms with Crippen molar-refractivity contribution >= 4 is 26.8 Å². The second kappa shape index (κ2) is 9.39. The monoisotopic (exact) mass is 470 g/mol. The molecule has 3 rings (SSSR count). The van der Waals surface area contributed by atoms with Gasteiger partial charge in [0.2, 0.25) is 0 Å². The summed E-state index contributed by atoms with van der Waals surface area (Å²) >= 11 is 0. The van der Waals surface area contributed by atoms with Crippen LogP contribution in [0.4, 0.5) is 0 Å². The third-order valence-electron chi connectivity index (χ3n) is 5.40. The van der Waals surface area contributed by atoms with Crippen LogP contribution in [0.2, 0.25) is 0 Å². The number of aryl methyl sites for hydroxylation is 2. The molecule has 0 fully saturated rings. The van der Waals surface area contributed by atoms with Crippen LogP contribution in [-0.2, 0) is 30.8 Å². The first-order chi connectivity index (χ1) is 15.4. The average Bonchev–Trinajstić information content (AvgIpc) is 2.93. The summed E-state index contributed by atoms with van der Waals surface area (Å²) in [5, 5.41) is 2.91.